The van der Waals surface area contributed by atoms with E-state index >= 15 is 0 Å². The lowest BCUT2D eigenvalue weighted by Gasteiger charge is -2.08. The molecule has 0 bridgehead atoms. The van der Waals surface area contributed by atoms with Crippen LogP contribution in [0.4, 0.5) is 5.69 Å². The van der Waals surface area contributed by atoms with E-state index in [1.54, 1.807) is 48.8 Å². The van der Waals surface area contributed by atoms with Gasteiger partial charge in [0.05, 0.1) is 0 Å². The Morgan fingerprint density at radius 1 is 1.08 bits per heavy atom. The lowest BCUT2D eigenvalue weighted by molar-refractivity contribution is -0.118. The fourth-order valence-corrected chi connectivity index (χ4v) is 2.20. The average molecular weight is 336 g/mol. The summed E-state index contributed by atoms with van der Waals surface area (Å²) in [7, 11) is 0. The van der Waals surface area contributed by atoms with E-state index in [1.165, 1.54) is 0 Å². The molecule has 0 saturated heterocycles. The number of amides is 2. The molecule has 2 aromatic carbocycles. The van der Waals surface area contributed by atoms with Gasteiger partial charge in [0.25, 0.3) is 5.91 Å². The molecule has 0 radical (unpaired) electrons. The first kappa shape index (κ1) is 16.3. The number of aromatic nitrogens is 2. The monoisotopic (exact) mass is 336 g/mol. The van der Waals surface area contributed by atoms with E-state index in [1.807, 2.05) is 12.1 Å². The molecular weight excluding hydrogens is 320 g/mol. The van der Waals surface area contributed by atoms with E-state index in [0.717, 1.165) is 11.4 Å². The van der Waals surface area contributed by atoms with Gasteiger partial charge >= 0.3 is 0 Å². The van der Waals surface area contributed by atoms with Crippen LogP contribution in [0.1, 0.15) is 10.4 Å². The first-order valence-corrected chi connectivity index (χ1v) is 7.54. The molecule has 0 aliphatic carbocycles. The van der Waals surface area contributed by atoms with Crippen molar-refractivity contribution in [2.75, 3.05) is 11.9 Å². The lowest BCUT2D eigenvalue weighted by atomic mass is 10.2. The summed E-state index contributed by atoms with van der Waals surface area (Å²) in [6.07, 6.45) is 3.43. The summed E-state index contributed by atoms with van der Waals surface area (Å²) in [5, 5.41) is 2.75. The van der Waals surface area contributed by atoms with Crippen LogP contribution in [-0.4, -0.2) is 28.4 Å². The van der Waals surface area contributed by atoms with Crippen molar-refractivity contribution in [1.29, 1.82) is 0 Å². The Balaban J connectivity index is 1.53. The van der Waals surface area contributed by atoms with Crippen LogP contribution in [0.2, 0.25) is 0 Å². The predicted octanol–water partition coefficient (Wildman–Crippen LogP) is 2.19. The molecule has 0 atom stereocenters. The molecule has 1 heterocycles. The van der Waals surface area contributed by atoms with Crippen LogP contribution in [-0.2, 0) is 4.79 Å². The molecule has 0 aliphatic heterocycles. The van der Waals surface area contributed by atoms with Crippen molar-refractivity contribution in [3.63, 3.8) is 0 Å². The SMILES string of the molecule is NC(=O)c1ccc(OCC(=O)Nc2ccc(-c3ncc[nH]3)cc2)cc1. The number of hydrogen-bond donors (Lipinski definition) is 3. The van der Waals surface area contributed by atoms with Crippen molar-refractivity contribution < 1.29 is 14.3 Å². The molecule has 0 spiro atoms. The van der Waals surface area contributed by atoms with Crippen LogP contribution >= 0.6 is 0 Å². The maximum Gasteiger partial charge on any atom is 0.262 e. The maximum absolute atomic E-state index is 11.9. The zero-order valence-corrected chi connectivity index (χ0v) is 13.2. The van der Waals surface area contributed by atoms with Crippen LogP contribution in [0.3, 0.4) is 0 Å². The molecular formula is C18H16N4O3. The summed E-state index contributed by atoms with van der Waals surface area (Å²) in [6.45, 7) is -0.143. The summed E-state index contributed by atoms with van der Waals surface area (Å²) in [4.78, 5) is 30.1. The highest BCUT2D eigenvalue weighted by Crippen LogP contribution is 2.17. The molecule has 7 heteroatoms. The molecule has 4 N–H and O–H groups in total. The first-order valence-electron chi connectivity index (χ1n) is 7.54. The van der Waals surface area contributed by atoms with Gasteiger partial charge in [0.2, 0.25) is 5.91 Å². The Bertz CT molecular complexity index is 856. The zero-order chi connectivity index (χ0) is 17.6. The highest BCUT2D eigenvalue weighted by molar-refractivity contribution is 5.93. The first-order chi connectivity index (χ1) is 12.1. The third-order valence-electron chi connectivity index (χ3n) is 3.45. The van der Waals surface area contributed by atoms with Crippen molar-refractivity contribution in [2.24, 2.45) is 5.73 Å². The molecule has 7 nitrogen and oxygen atoms in total. The topological polar surface area (TPSA) is 110 Å². The standard InChI is InChI=1S/C18H16N4O3/c19-17(24)12-3-7-15(8-4-12)25-11-16(23)22-14-5-1-13(2-6-14)18-20-9-10-21-18/h1-10H,11H2,(H2,19,24)(H,20,21)(H,22,23). The van der Waals surface area contributed by atoms with E-state index in [2.05, 4.69) is 15.3 Å². The largest absolute Gasteiger partial charge is 0.484 e. The van der Waals surface area contributed by atoms with Gasteiger partial charge in [-0.3, -0.25) is 9.59 Å². The number of carbonyl (C=O) groups excluding carboxylic acids is 2. The summed E-state index contributed by atoms with van der Waals surface area (Å²) >= 11 is 0. The second-order valence-electron chi connectivity index (χ2n) is 5.24. The van der Waals surface area contributed by atoms with Crippen molar-refractivity contribution in [3.05, 3.63) is 66.5 Å². The third-order valence-corrected chi connectivity index (χ3v) is 3.45. The number of ether oxygens (including phenoxy) is 1. The smallest absolute Gasteiger partial charge is 0.262 e. The molecule has 0 aliphatic rings. The number of aromatic amines is 1. The number of primary amides is 1. The number of hydrogen-bond acceptors (Lipinski definition) is 4. The molecule has 126 valence electrons. The van der Waals surface area contributed by atoms with Gasteiger partial charge in [0.15, 0.2) is 6.61 Å². The molecule has 0 unspecified atom stereocenters. The van der Waals surface area contributed by atoms with Crippen molar-refractivity contribution in [2.45, 2.75) is 0 Å². The van der Waals surface area contributed by atoms with Crippen molar-refractivity contribution in [1.82, 2.24) is 9.97 Å². The summed E-state index contributed by atoms with van der Waals surface area (Å²) in [6, 6.07) is 13.6. The van der Waals surface area contributed by atoms with Crippen molar-refractivity contribution in [3.8, 4) is 17.1 Å². The fraction of sp³-hybridized carbons (Fsp3) is 0.0556. The Morgan fingerprint density at radius 3 is 2.40 bits per heavy atom. The second kappa shape index (κ2) is 7.31. The summed E-state index contributed by atoms with van der Waals surface area (Å²) in [5.74, 6) is 0.445. The molecule has 0 saturated carbocycles. The minimum Gasteiger partial charge on any atom is -0.484 e. The number of carbonyl (C=O) groups is 2. The highest BCUT2D eigenvalue weighted by atomic mass is 16.5. The Labute approximate surface area is 143 Å². The second-order valence-corrected chi connectivity index (χ2v) is 5.24. The highest BCUT2D eigenvalue weighted by Gasteiger charge is 2.06. The molecule has 1 aromatic heterocycles. The number of rotatable bonds is 6. The van der Waals surface area contributed by atoms with E-state index in [0.29, 0.717) is 17.0 Å². The normalized spacial score (nSPS) is 10.2. The third kappa shape index (κ3) is 4.23. The van der Waals surface area contributed by atoms with E-state index in [9.17, 15) is 9.59 Å². The molecule has 3 rings (SSSR count). The molecule has 2 amide bonds. The maximum atomic E-state index is 11.9. The Hall–Kier alpha value is -3.61. The minimum absolute atomic E-state index is 0.143. The van der Waals surface area contributed by atoms with Gasteiger partial charge < -0.3 is 20.8 Å². The van der Waals surface area contributed by atoms with Gasteiger partial charge in [-0.05, 0) is 48.5 Å². The van der Waals surface area contributed by atoms with Crippen LogP contribution in [0.15, 0.2) is 60.9 Å². The zero-order valence-electron chi connectivity index (χ0n) is 13.2. The quantitative estimate of drug-likeness (QED) is 0.641. The van der Waals surface area contributed by atoms with Crippen LogP contribution in [0.25, 0.3) is 11.4 Å². The number of nitrogens with one attached hydrogen (secondary N) is 2. The van der Waals surface area contributed by atoms with Gasteiger partial charge in [-0.1, -0.05) is 0 Å². The Kier molecular flexibility index (Phi) is 4.75. The van der Waals surface area contributed by atoms with Gasteiger partial charge in [-0.2, -0.15) is 0 Å². The average Bonchev–Trinajstić information content (AvgIpc) is 3.15. The number of nitrogens with zero attached hydrogens (tertiary/aromatic N) is 1. The van der Waals surface area contributed by atoms with Gasteiger partial charge in [-0.25, -0.2) is 4.98 Å². The van der Waals surface area contributed by atoms with Crippen LogP contribution in [0.5, 0.6) is 5.75 Å². The van der Waals surface area contributed by atoms with E-state index in [4.69, 9.17) is 10.5 Å². The lowest BCUT2D eigenvalue weighted by Crippen LogP contribution is -2.20. The Morgan fingerprint density at radius 2 is 1.80 bits per heavy atom. The summed E-state index contributed by atoms with van der Waals surface area (Å²) in [5.41, 5.74) is 7.13. The number of H-pyrrole nitrogens is 1. The number of nitrogens with two attached hydrogens (primary N) is 1. The minimum atomic E-state index is -0.512. The van der Waals surface area contributed by atoms with Gasteiger partial charge in [0, 0.05) is 29.2 Å². The predicted molar refractivity (Wildman–Crippen MR) is 93.1 cm³/mol. The van der Waals surface area contributed by atoms with E-state index < -0.39 is 5.91 Å². The van der Waals surface area contributed by atoms with Crippen LogP contribution < -0.4 is 15.8 Å². The molecule has 0 fully saturated rings. The molecule has 3 aromatic rings. The van der Waals surface area contributed by atoms with Crippen LogP contribution in [0, 0.1) is 0 Å². The molecule has 25 heavy (non-hydrogen) atoms. The number of benzene rings is 2. The van der Waals surface area contributed by atoms with E-state index in [-0.39, 0.29) is 12.5 Å². The summed E-state index contributed by atoms with van der Waals surface area (Å²) < 4.78 is 5.38. The number of anilines is 1. The fourth-order valence-electron chi connectivity index (χ4n) is 2.20. The van der Waals surface area contributed by atoms with Gasteiger partial charge in [0.1, 0.15) is 11.6 Å². The number of imidazole rings is 1. The van der Waals surface area contributed by atoms with Crippen molar-refractivity contribution >= 4 is 17.5 Å². The van der Waals surface area contributed by atoms with Gasteiger partial charge in [-0.15, -0.1) is 0 Å².